The lowest BCUT2D eigenvalue weighted by atomic mass is 9.95. The monoisotopic (exact) mass is 541 g/mol. The van der Waals surface area contributed by atoms with Crippen molar-refractivity contribution in [2.24, 2.45) is 4.99 Å². The molecule has 39 heavy (non-hydrogen) atoms. The molecule has 4 rings (SSSR count). The summed E-state index contributed by atoms with van der Waals surface area (Å²) in [4.78, 5) is 29.6. The Morgan fingerprint density at radius 2 is 1.46 bits per heavy atom. The maximum Gasteiger partial charge on any atom is 0.344 e. The van der Waals surface area contributed by atoms with Crippen LogP contribution in [0.3, 0.4) is 0 Å². The van der Waals surface area contributed by atoms with E-state index in [0.717, 1.165) is 10.4 Å². The number of ether oxygens (including phenoxy) is 2. The van der Waals surface area contributed by atoms with E-state index in [1.165, 1.54) is 6.92 Å². The number of nitrogens with zero attached hydrogens (tertiary/aromatic N) is 1. The lowest BCUT2D eigenvalue weighted by molar-refractivity contribution is -0.152. The SMILES string of the molecule is CC(=O)O[C@H](/C=C/CO[Si](c1ccccc1)(c1ccccc1)C(C)(C)C)[C@]1(C)N=C(c2ccccc2)OC1=O. The molecule has 3 aromatic carbocycles. The van der Waals surface area contributed by atoms with Crippen LogP contribution < -0.4 is 10.4 Å². The number of aliphatic imine (C=N–C) groups is 1. The van der Waals surface area contributed by atoms with Gasteiger partial charge in [0.1, 0.15) is 0 Å². The quantitative estimate of drug-likeness (QED) is 0.221. The molecule has 202 valence electrons. The average Bonchev–Trinajstić information content (AvgIpc) is 3.23. The van der Waals surface area contributed by atoms with Crippen LogP contribution in [-0.2, 0) is 23.5 Å². The second kappa shape index (κ2) is 11.5. The van der Waals surface area contributed by atoms with Crippen LogP contribution in [0.5, 0.6) is 0 Å². The summed E-state index contributed by atoms with van der Waals surface area (Å²) in [6.45, 7) is 9.81. The molecule has 0 amide bonds. The molecule has 1 aliphatic heterocycles. The van der Waals surface area contributed by atoms with E-state index in [9.17, 15) is 9.59 Å². The Morgan fingerprint density at radius 1 is 0.949 bits per heavy atom. The van der Waals surface area contributed by atoms with E-state index in [0.29, 0.717) is 5.56 Å². The van der Waals surface area contributed by atoms with Gasteiger partial charge in [0.2, 0.25) is 5.90 Å². The van der Waals surface area contributed by atoms with E-state index >= 15 is 0 Å². The highest BCUT2D eigenvalue weighted by Gasteiger charge is 2.51. The van der Waals surface area contributed by atoms with Gasteiger partial charge in [-0.25, -0.2) is 9.79 Å². The van der Waals surface area contributed by atoms with Crippen molar-refractivity contribution in [2.75, 3.05) is 6.61 Å². The third kappa shape index (κ3) is 5.79. The number of esters is 2. The van der Waals surface area contributed by atoms with Crippen molar-refractivity contribution in [1.29, 1.82) is 0 Å². The maximum absolute atomic E-state index is 13.0. The van der Waals surface area contributed by atoms with Crippen molar-refractivity contribution >= 4 is 36.5 Å². The van der Waals surface area contributed by atoms with E-state index in [1.807, 2.05) is 72.8 Å². The van der Waals surface area contributed by atoms with Crippen LogP contribution in [-0.4, -0.2) is 44.4 Å². The highest BCUT2D eigenvalue weighted by atomic mass is 28.4. The van der Waals surface area contributed by atoms with Crippen LogP contribution in [0.2, 0.25) is 5.04 Å². The molecule has 0 bridgehead atoms. The van der Waals surface area contributed by atoms with Gasteiger partial charge in [-0.2, -0.15) is 0 Å². The largest absolute Gasteiger partial charge is 0.455 e. The molecular weight excluding hydrogens is 506 g/mol. The zero-order valence-corrected chi connectivity index (χ0v) is 24.1. The van der Waals surface area contributed by atoms with Crippen LogP contribution in [0.15, 0.2) is 108 Å². The fourth-order valence-electron chi connectivity index (χ4n) is 4.99. The molecule has 0 saturated heterocycles. The summed E-state index contributed by atoms with van der Waals surface area (Å²) >= 11 is 0. The number of hydrogen-bond donors (Lipinski definition) is 0. The van der Waals surface area contributed by atoms with Gasteiger partial charge in [-0.05, 0) is 40.5 Å². The number of hydrogen-bond acceptors (Lipinski definition) is 6. The van der Waals surface area contributed by atoms with Crippen LogP contribution >= 0.6 is 0 Å². The maximum atomic E-state index is 13.0. The zero-order chi connectivity index (χ0) is 28.1. The highest BCUT2D eigenvalue weighted by Crippen LogP contribution is 2.37. The number of carbonyl (C=O) groups is 2. The van der Waals surface area contributed by atoms with Gasteiger partial charge in [0.05, 0.1) is 6.61 Å². The summed E-state index contributed by atoms with van der Waals surface area (Å²) in [7, 11) is -2.75. The number of benzene rings is 3. The molecule has 0 saturated carbocycles. The number of cyclic esters (lactones) is 1. The van der Waals surface area contributed by atoms with Gasteiger partial charge in [-0.3, -0.25) is 4.79 Å². The van der Waals surface area contributed by atoms with Crippen molar-refractivity contribution in [2.45, 2.75) is 51.3 Å². The summed E-state index contributed by atoms with van der Waals surface area (Å²) in [5, 5.41) is 2.14. The molecule has 0 aromatic heterocycles. The predicted molar refractivity (Wildman–Crippen MR) is 156 cm³/mol. The van der Waals surface area contributed by atoms with Crippen molar-refractivity contribution in [3.8, 4) is 0 Å². The fraction of sp³-hybridized carbons (Fsp3) is 0.281. The van der Waals surface area contributed by atoms with Crippen molar-refractivity contribution in [3.05, 3.63) is 109 Å². The van der Waals surface area contributed by atoms with Gasteiger partial charge in [-0.15, -0.1) is 0 Å². The molecular formula is C32H35NO5Si. The zero-order valence-electron chi connectivity index (χ0n) is 23.1. The summed E-state index contributed by atoms with van der Waals surface area (Å²) in [6.07, 6.45) is 2.52. The minimum Gasteiger partial charge on any atom is -0.455 e. The van der Waals surface area contributed by atoms with Crippen LogP contribution in [0.25, 0.3) is 0 Å². The summed E-state index contributed by atoms with van der Waals surface area (Å²) in [5.41, 5.74) is -0.750. The van der Waals surface area contributed by atoms with Crippen molar-refractivity contribution < 1.29 is 23.5 Å². The lowest BCUT2D eigenvalue weighted by Gasteiger charge is -2.42. The number of carbonyl (C=O) groups excluding carboxylic acids is 2. The lowest BCUT2D eigenvalue weighted by Crippen LogP contribution is -2.66. The van der Waals surface area contributed by atoms with E-state index in [-0.39, 0.29) is 17.5 Å². The van der Waals surface area contributed by atoms with Crippen LogP contribution in [0, 0.1) is 0 Å². The molecule has 0 radical (unpaired) electrons. The second-order valence-electron chi connectivity index (χ2n) is 10.8. The van der Waals surface area contributed by atoms with Crippen LogP contribution in [0.4, 0.5) is 0 Å². The van der Waals surface area contributed by atoms with E-state index < -0.39 is 31.9 Å². The molecule has 0 spiro atoms. The molecule has 1 heterocycles. The predicted octanol–water partition coefficient (Wildman–Crippen LogP) is 4.81. The first-order valence-corrected chi connectivity index (χ1v) is 15.0. The molecule has 7 heteroatoms. The molecule has 0 N–H and O–H groups in total. The third-order valence-electron chi connectivity index (χ3n) is 6.93. The smallest absolute Gasteiger partial charge is 0.344 e. The second-order valence-corrected chi connectivity index (χ2v) is 15.1. The van der Waals surface area contributed by atoms with Gasteiger partial charge in [0, 0.05) is 12.5 Å². The molecule has 2 atom stereocenters. The standard InChI is InChI=1S/C32H35NO5Si/c1-24(34)37-28(32(5)30(35)38-29(33-32)25-16-9-6-10-17-25)22-15-23-36-39(31(2,3)4,26-18-11-7-12-19-26)27-20-13-8-14-21-27/h6-22,28H,23H2,1-5H3/b22-15+/t28-,32+/m1/s1. The Kier molecular flexibility index (Phi) is 8.33. The number of rotatable bonds is 9. The Bertz CT molecular complexity index is 1310. The molecule has 3 aromatic rings. The normalized spacial score (nSPS) is 18.5. The topological polar surface area (TPSA) is 74.2 Å². The first kappa shape index (κ1) is 28.2. The van der Waals surface area contributed by atoms with Crippen molar-refractivity contribution in [1.82, 2.24) is 0 Å². The molecule has 1 aliphatic rings. The Labute approximate surface area is 231 Å². The molecule has 0 fully saturated rings. The molecule has 6 nitrogen and oxygen atoms in total. The first-order valence-electron chi connectivity index (χ1n) is 13.0. The Balaban J connectivity index is 1.65. The van der Waals surface area contributed by atoms with E-state index in [1.54, 1.807) is 13.0 Å². The van der Waals surface area contributed by atoms with Crippen LogP contribution in [0.1, 0.15) is 40.2 Å². The summed E-state index contributed by atoms with van der Waals surface area (Å²) < 4.78 is 18.0. The van der Waals surface area contributed by atoms with E-state index in [2.05, 4.69) is 50.0 Å². The summed E-state index contributed by atoms with van der Waals surface area (Å²) in [6, 6.07) is 29.9. The van der Waals surface area contributed by atoms with Gasteiger partial charge in [0.25, 0.3) is 8.32 Å². The van der Waals surface area contributed by atoms with Gasteiger partial charge in [0.15, 0.2) is 11.6 Å². The molecule has 0 unspecified atom stereocenters. The third-order valence-corrected chi connectivity index (χ3v) is 11.9. The first-order chi connectivity index (χ1) is 18.6. The Hall–Kier alpha value is -3.81. The van der Waals surface area contributed by atoms with E-state index in [4.69, 9.17) is 13.9 Å². The minimum atomic E-state index is -2.75. The fourth-order valence-corrected chi connectivity index (χ4v) is 9.49. The van der Waals surface area contributed by atoms with Gasteiger partial charge < -0.3 is 13.9 Å². The average molecular weight is 542 g/mol. The minimum absolute atomic E-state index is 0.186. The highest BCUT2D eigenvalue weighted by molar-refractivity contribution is 6.99. The van der Waals surface area contributed by atoms with Gasteiger partial charge in [-0.1, -0.05) is 106 Å². The Morgan fingerprint density at radius 3 is 1.95 bits per heavy atom. The van der Waals surface area contributed by atoms with Gasteiger partial charge >= 0.3 is 11.9 Å². The summed E-state index contributed by atoms with van der Waals surface area (Å²) in [5.74, 6) is -0.891. The molecule has 0 aliphatic carbocycles. The van der Waals surface area contributed by atoms with Crippen molar-refractivity contribution in [3.63, 3.8) is 0 Å².